The summed E-state index contributed by atoms with van der Waals surface area (Å²) in [5, 5.41) is 11.8. The van der Waals surface area contributed by atoms with Gasteiger partial charge in [0.1, 0.15) is 0 Å². The Hall–Kier alpha value is -3.02. The number of carboxylic acid groups (broad SMARTS) is 1. The summed E-state index contributed by atoms with van der Waals surface area (Å²) in [6.45, 7) is 1.72. The molecule has 1 aliphatic rings. The summed E-state index contributed by atoms with van der Waals surface area (Å²) >= 11 is 0. The molecule has 0 unspecified atom stereocenters. The van der Waals surface area contributed by atoms with Gasteiger partial charge in [0.05, 0.1) is 12.6 Å². The van der Waals surface area contributed by atoms with Crippen molar-refractivity contribution in [3.05, 3.63) is 59.2 Å². The van der Waals surface area contributed by atoms with Gasteiger partial charge in [-0.15, -0.1) is 0 Å². The number of carboxylic acids is 1. The highest BCUT2D eigenvalue weighted by Gasteiger charge is 2.24. The molecule has 2 aromatic rings. The molecule has 6 nitrogen and oxygen atoms in total. The lowest BCUT2D eigenvalue weighted by Gasteiger charge is -2.16. The first kappa shape index (κ1) is 17.8. The van der Waals surface area contributed by atoms with E-state index < -0.39 is 12.6 Å². The molecule has 1 amide bonds. The van der Waals surface area contributed by atoms with E-state index in [0.29, 0.717) is 23.7 Å². The van der Waals surface area contributed by atoms with E-state index in [0.717, 1.165) is 18.4 Å². The van der Waals surface area contributed by atoms with Gasteiger partial charge < -0.3 is 19.9 Å². The zero-order chi connectivity index (χ0) is 18.5. The molecule has 0 radical (unpaired) electrons. The van der Waals surface area contributed by atoms with E-state index in [1.807, 2.05) is 25.1 Å². The highest BCUT2D eigenvalue weighted by molar-refractivity contribution is 5.95. The molecule has 0 aliphatic heterocycles. The molecule has 0 spiro atoms. The SMILES string of the molecule is CCOc1cc(C(=O)N[C@@H]2CCc3ccccc32)ccc1OCC(=O)O. The quantitative estimate of drug-likeness (QED) is 0.798. The van der Waals surface area contributed by atoms with Gasteiger partial charge in [-0.1, -0.05) is 24.3 Å². The number of rotatable bonds is 7. The number of aliphatic carboxylic acids is 1. The van der Waals surface area contributed by atoms with Crippen LogP contribution in [0, 0.1) is 0 Å². The zero-order valence-electron chi connectivity index (χ0n) is 14.5. The van der Waals surface area contributed by atoms with Gasteiger partial charge >= 0.3 is 5.97 Å². The number of aryl methyl sites for hydroxylation is 1. The number of nitrogens with one attached hydrogen (secondary N) is 1. The van der Waals surface area contributed by atoms with E-state index in [9.17, 15) is 9.59 Å². The maximum Gasteiger partial charge on any atom is 0.341 e. The molecule has 0 heterocycles. The van der Waals surface area contributed by atoms with Crippen LogP contribution in [0.2, 0.25) is 0 Å². The van der Waals surface area contributed by atoms with Crippen molar-refractivity contribution in [1.29, 1.82) is 0 Å². The monoisotopic (exact) mass is 355 g/mol. The minimum Gasteiger partial charge on any atom is -0.490 e. The molecule has 0 saturated heterocycles. The van der Waals surface area contributed by atoms with Crippen LogP contribution in [0.3, 0.4) is 0 Å². The molecule has 0 fully saturated rings. The van der Waals surface area contributed by atoms with Crippen molar-refractivity contribution in [2.45, 2.75) is 25.8 Å². The lowest BCUT2D eigenvalue weighted by molar-refractivity contribution is -0.139. The number of benzene rings is 2. The van der Waals surface area contributed by atoms with E-state index in [2.05, 4.69) is 11.4 Å². The largest absolute Gasteiger partial charge is 0.490 e. The van der Waals surface area contributed by atoms with Crippen LogP contribution in [-0.2, 0) is 11.2 Å². The van der Waals surface area contributed by atoms with Crippen molar-refractivity contribution >= 4 is 11.9 Å². The van der Waals surface area contributed by atoms with Crippen LogP contribution in [0.4, 0.5) is 0 Å². The van der Waals surface area contributed by atoms with Gasteiger partial charge in [0.15, 0.2) is 18.1 Å². The number of fused-ring (bicyclic) bond motifs is 1. The molecule has 0 aromatic heterocycles. The molecular formula is C20H21NO5. The first-order valence-electron chi connectivity index (χ1n) is 8.58. The third-order valence-corrected chi connectivity index (χ3v) is 4.30. The average molecular weight is 355 g/mol. The minimum atomic E-state index is -1.07. The fraction of sp³-hybridized carbons (Fsp3) is 0.300. The van der Waals surface area contributed by atoms with Gasteiger partial charge in [0, 0.05) is 5.56 Å². The summed E-state index contributed by atoms with van der Waals surface area (Å²) in [7, 11) is 0. The van der Waals surface area contributed by atoms with Crippen LogP contribution in [0.15, 0.2) is 42.5 Å². The van der Waals surface area contributed by atoms with E-state index in [4.69, 9.17) is 14.6 Å². The molecule has 0 bridgehead atoms. The molecule has 3 rings (SSSR count). The summed E-state index contributed by atoms with van der Waals surface area (Å²) < 4.78 is 10.7. The Bertz CT molecular complexity index is 818. The molecule has 136 valence electrons. The Morgan fingerprint density at radius 1 is 1.15 bits per heavy atom. The third-order valence-electron chi connectivity index (χ3n) is 4.30. The fourth-order valence-electron chi connectivity index (χ4n) is 3.12. The van der Waals surface area contributed by atoms with Crippen molar-refractivity contribution in [2.24, 2.45) is 0 Å². The van der Waals surface area contributed by atoms with Crippen LogP contribution in [0.5, 0.6) is 11.5 Å². The number of carbonyl (C=O) groups is 2. The summed E-state index contributed by atoms with van der Waals surface area (Å²) in [6.07, 6.45) is 1.83. The topological polar surface area (TPSA) is 84.9 Å². The molecule has 1 aliphatic carbocycles. The molecule has 2 aromatic carbocycles. The predicted octanol–water partition coefficient (Wildman–Crippen LogP) is 2.97. The van der Waals surface area contributed by atoms with Crippen LogP contribution >= 0.6 is 0 Å². The Kier molecular flexibility index (Phi) is 5.41. The van der Waals surface area contributed by atoms with Crippen LogP contribution < -0.4 is 14.8 Å². The molecule has 2 N–H and O–H groups in total. The number of ether oxygens (including phenoxy) is 2. The summed E-state index contributed by atoms with van der Waals surface area (Å²) in [5.74, 6) is -0.614. The third kappa shape index (κ3) is 3.96. The number of hydrogen-bond acceptors (Lipinski definition) is 4. The van der Waals surface area contributed by atoms with Gasteiger partial charge in [-0.25, -0.2) is 4.79 Å². The fourth-order valence-corrected chi connectivity index (χ4v) is 3.12. The second-order valence-electron chi connectivity index (χ2n) is 6.04. The summed E-state index contributed by atoms with van der Waals surface area (Å²) in [4.78, 5) is 23.3. The lowest BCUT2D eigenvalue weighted by atomic mass is 10.1. The molecule has 0 saturated carbocycles. The van der Waals surface area contributed by atoms with E-state index in [1.54, 1.807) is 18.2 Å². The maximum absolute atomic E-state index is 12.6. The maximum atomic E-state index is 12.6. The summed E-state index contributed by atoms with van der Waals surface area (Å²) in [6, 6.07) is 12.9. The number of hydrogen-bond donors (Lipinski definition) is 2. The van der Waals surface area contributed by atoms with Gasteiger partial charge in [0.25, 0.3) is 5.91 Å². The predicted molar refractivity (Wildman–Crippen MR) is 95.7 cm³/mol. The highest BCUT2D eigenvalue weighted by Crippen LogP contribution is 2.32. The van der Waals surface area contributed by atoms with Crippen molar-refractivity contribution in [3.8, 4) is 11.5 Å². The Morgan fingerprint density at radius 3 is 2.73 bits per heavy atom. The second-order valence-corrected chi connectivity index (χ2v) is 6.04. The van der Waals surface area contributed by atoms with Gasteiger partial charge in [-0.2, -0.15) is 0 Å². The van der Waals surface area contributed by atoms with Crippen molar-refractivity contribution in [1.82, 2.24) is 5.32 Å². The average Bonchev–Trinajstić information content (AvgIpc) is 3.04. The van der Waals surface area contributed by atoms with Crippen molar-refractivity contribution in [2.75, 3.05) is 13.2 Å². The van der Waals surface area contributed by atoms with Crippen molar-refractivity contribution < 1.29 is 24.2 Å². The standard InChI is InChI=1S/C20H21NO5/c1-2-25-18-11-14(8-10-17(18)26-12-19(22)23)20(24)21-16-9-7-13-5-3-4-6-15(13)16/h3-6,8,10-11,16H,2,7,9,12H2,1H3,(H,21,24)(H,22,23)/t16-/m1/s1. The molecule has 6 heteroatoms. The van der Waals surface area contributed by atoms with Crippen LogP contribution in [0.1, 0.15) is 40.9 Å². The Labute approximate surface area is 151 Å². The number of amides is 1. The Morgan fingerprint density at radius 2 is 1.96 bits per heavy atom. The zero-order valence-corrected chi connectivity index (χ0v) is 14.5. The molecular weight excluding hydrogens is 334 g/mol. The van der Waals surface area contributed by atoms with E-state index in [-0.39, 0.29) is 11.9 Å². The normalized spacial score (nSPS) is 15.2. The van der Waals surface area contributed by atoms with Crippen LogP contribution in [-0.4, -0.2) is 30.2 Å². The van der Waals surface area contributed by atoms with Gasteiger partial charge in [-0.05, 0) is 49.1 Å². The van der Waals surface area contributed by atoms with Gasteiger partial charge in [0.2, 0.25) is 0 Å². The van der Waals surface area contributed by atoms with E-state index in [1.165, 1.54) is 5.56 Å². The molecule has 1 atom stereocenters. The second kappa shape index (κ2) is 7.91. The van der Waals surface area contributed by atoms with E-state index >= 15 is 0 Å². The van der Waals surface area contributed by atoms with Gasteiger partial charge in [-0.3, -0.25) is 4.79 Å². The van der Waals surface area contributed by atoms with Crippen LogP contribution in [0.25, 0.3) is 0 Å². The van der Waals surface area contributed by atoms with Crippen molar-refractivity contribution in [3.63, 3.8) is 0 Å². The minimum absolute atomic E-state index is 0.00261. The lowest BCUT2D eigenvalue weighted by Crippen LogP contribution is -2.27. The first-order valence-corrected chi connectivity index (χ1v) is 8.58. The highest BCUT2D eigenvalue weighted by atomic mass is 16.5. The summed E-state index contributed by atoms with van der Waals surface area (Å²) in [5.41, 5.74) is 2.87. The Balaban J connectivity index is 1.75. The first-order chi connectivity index (χ1) is 12.6. The molecule has 26 heavy (non-hydrogen) atoms. The number of carbonyl (C=O) groups excluding carboxylic acids is 1. The smallest absolute Gasteiger partial charge is 0.341 e.